The maximum Gasteiger partial charge on any atom is 0.152 e. The summed E-state index contributed by atoms with van der Waals surface area (Å²) in [6.45, 7) is 1.34. The van der Waals surface area contributed by atoms with Crippen LogP contribution in [0.15, 0.2) is 48.7 Å². The van der Waals surface area contributed by atoms with E-state index in [1.165, 1.54) is 0 Å². The molecule has 1 aromatic carbocycles. The number of fused-ring (bicyclic) bond motifs is 1. The van der Waals surface area contributed by atoms with Gasteiger partial charge in [0.1, 0.15) is 5.65 Å². The first-order chi connectivity index (χ1) is 10.3. The molecule has 2 N–H and O–H groups in total. The quantitative estimate of drug-likeness (QED) is 0.762. The van der Waals surface area contributed by atoms with Gasteiger partial charge in [-0.15, -0.1) is 0 Å². The molecule has 0 aliphatic rings. The van der Waals surface area contributed by atoms with E-state index in [-0.39, 0.29) is 6.61 Å². The van der Waals surface area contributed by atoms with Gasteiger partial charge in [0, 0.05) is 19.3 Å². The molecule has 0 fully saturated rings. The molecular formula is C16H16ClN3O. The number of nitrogens with zero attached hydrogens (tertiary/aromatic N) is 2. The first kappa shape index (κ1) is 14.1. The van der Waals surface area contributed by atoms with Crippen LogP contribution in [0.5, 0.6) is 0 Å². The molecule has 0 unspecified atom stereocenters. The molecule has 0 radical (unpaired) electrons. The van der Waals surface area contributed by atoms with Crippen LogP contribution in [0.3, 0.4) is 0 Å². The molecule has 108 valence electrons. The normalized spacial score (nSPS) is 11.1. The van der Waals surface area contributed by atoms with Gasteiger partial charge in [0.2, 0.25) is 0 Å². The largest absolute Gasteiger partial charge is 0.392 e. The van der Waals surface area contributed by atoms with Crippen molar-refractivity contribution in [1.29, 1.82) is 0 Å². The molecule has 0 atom stereocenters. The molecule has 2 aromatic heterocycles. The molecule has 0 bridgehead atoms. The minimum Gasteiger partial charge on any atom is -0.392 e. The molecule has 3 rings (SSSR count). The van der Waals surface area contributed by atoms with E-state index in [1.54, 1.807) is 0 Å². The van der Waals surface area contributed by atoms with E-state index in [0.29, 0.717) is 18.2 Å². The first-order valence-corrected chi connectivity index (χ1v) is 7.17. The van der Waals surface area contributed by atoms with Gasteiger partial charge < -0.3 is 14.8 Å². The number of imidazole rings is 1. The Morgan fingerprint density at radius 3 is 2.62 bits per heavy atom. The number of aromatic nitrogens is 2. The van der Waals surface area contributed by atoms with Gasteiger partial charge in [0.15, 0.2) is 5.15 Å². The summed E-state index contributed by atoms with van der Waals surface area (Å²) >= 11 is 6.20. The molecule has 0 aliphatic heterocycles. The Balaban J connectivity index is 1.74. The fourth-order valence-corrected chi connectivity index (χ4v) is 2.62. The van der Waals surface area contributed by atoms with Crippen LogP contribution in [0.4, 0.5) is 0 Å². The minimum atomic E-state index is 0.0498. The lowest BCUT2D eigenvalue weighted by Gasteiger charge is -2.09. The Bertz CT molecular complexity index is 754. The van der Waals surface area contributed by atoms with E-state index in [4.69, 9.17) is 11.6 Å². The maximum absolute atomic E-state index is 9.32. The lowest BCUT2D eigenvalue weighted by Crippen LogP contribution is -2.15. The van der Waals surface area contributed by atoms with E-state index >= 15 is 0 Å². The molecule has 3 aromatic rings. The number of aliphatic hydroxyl groups is 1. The molecule has 2 heterocycles. The van der Waals surface area contributed by atoms with Crippen molar-refractivity contribution in [2.24, 2.45) is 0 Å². The Kier molecular flexibility index (Phi) is 4.20. The molecule has 21 heavy (non-hydrogen) atoms. The lowest BCUT2D eigenvalue weighted by molar-refractivity contribution is 0.280. The molecule has 0 spiro atoms. The zero-order chi connectivity index (χ0) is 14.7. The van der Waals surface area contributed by atoms with Crippen molar-refractivity contribution in [3.63, 3.8) is 0 Å². The maximum atomic E-state index is 9.32. The van der Waals surface area contributed by atoms with Crippen molar-refractivity contribution >= 4 is 17.2 Å². The summed E-state index contributed by atoms with van der Waals surface area (Å²) in [5.74, 6) is 0. The molecular weight excluding hydrogens is 286 g/mol. The van der Waals surface area contributed by atoms with Crippen LogP contribution >= 0.6 is 11.6 Å². The Hall–Kier alpha value is -1.88. The third kappa shape index (κ3) is 2.93. The van der Waals surface area contributed by atoms with Gasteiger partial charge in [-0.25, -0.2) is 4.98 Å². The monoisotopic (exact) mass is 301 g/mol. The fraction of sp³-hybridized carbons (Fsp3) is 0.188. The Morgan fingerprint density at radius 2 is 1.81 bits per heavy atom. The zero-order valence-electron chi connectivity index (χ0n) is 11.5. The van der Waals surface area contributed by atoms with E-state index in [2.05, 4.69) is 10.3 Å². The number of nitrogens with one attached hydrogen (secondary N) is 1. The number of hydrogen-bond donors (Lipinski definition) is 2. The predicted molar refractivity (Wildman–Crippen MR) is 83.1 cm³/mol. The van der Waals surface area contributed by atoms with Crippen molar-refractivity contribution in [1.82, 2.24) is 14.7 Å². The van der Waals surface area contributed by atoms with Gasteiger partial charge >= 0.3 is 0 Å². The number of benzene rings is 1. The van der Waals surface area contributed by atoms with Crippen LogP contribution < -0.4 is 5.32 Å². The van der Waals surface area contributed by atoms with Crippen LogP contribution in [-0.2, 0) is 19.7 Å². The highest BCUT2D eigenvalue weighted by molar-refractivity contribution is 6.30. The summed E-state index contributed by atoms with van der Waals surface area (Å²) in [6, 6.07) is 13.7. The second kappa shape index (κ2) is 6.26. The van der Waals surface area contributed by atoms with Crippen LogP contribution in [0.25, 0.3) is 5.65 Å². The van der Waals surface area contributed by atoms with E-state index in [1.807, 2.05) is 53.1 Å². The minimum absolute atomic E-state index is 0.0498. The second-order valence-electron chi connectivity index (χ2n) is 4.81. The average Bonchev–Trinajstić information content (AvgIpc) is 2.84. The molecule has 0 aliphatic carbocycles. The van der Waals surface area contributed by atoms with Gasteiger partial charge in [-0.05, 0) is 23.3 Å². The van der Waals surface area contributed by atoms with Crippen molar-refractivity contribution in [2.75, 3.05) is 0 Å². The highest BCUT2D eigenvalue weighted by Crippen LogP contribution is 2.17. The van der Waals surface area contributed by atoms with Crippen molar-refractivity contribution < 1.29 is 5.11 Å². The van der Waals surface area contributed by atoms with Crippen molar-refractivity contribution in [3.8, 4) is 0 Å². The number of aliphatic hydroxyl groups excluding tert-OH is 1. The fourth-order valence-electron chi connectivity index (χ4n) is 2.38. The third-order valence-corrected chi connectivity index (χ3v) is 3.78. The average molecular weight is 302 g/mol. The van der Waals surface area contributed by atoms with Crippen LogP contribution in [-0.4, -0.2) is 14.5 Å². The standard InChI is InChI=1S/C16H16ClN3O/c17-16-14(20-8-4-3-7-15(20)19-16)10-18-9-12-5-1-2-6-13(12)11-21/h1-8,18,21H,9-11H2. The van der Waals surface area contributed by atoms with Gasteiger partial charge in [-0.2, -0.15) is 0 Å². The SMILES string of the molecule is OCc1ccccc1CNCc1c(Cl)nc2ccccn12. The lowest BCUT2D eigenvalue weighted by atomic mass is 10.1. The highest BCUT2D eigenvalue weighted by atomic mass is 35.5. The summed E-state index contributed by atoms with van der Waals surface area (Å²) < 4.78 is 1.98. The number of halogens is 1. The van der Waals surface area contributed by atoms with E-state index < -0.39 is 0 Å². The first-order valence-electron chi connectivity index (χ1n) is 6.79. The topological polar surface area (TPSA) is 49.6 Å². The summed E-state index contributed by atoms with van der Waals surface area (Å²) in [4.78, 5) is 4.32. The Morgan fingerprint density at radius 1 is 1.05 bits per heavy atom. The van der Waals surface area contributed by atoms with Crippen LogP contribution in [0, 0.1) is 0 Å². The zero-order valence-corrected chi connectivity index (χ0v) is 12.2. The van der Waals surface area contributed by atoms with Crippen LogP contribution in [0.2, 0.25) is 5.15 Å². The number of rotatable bonds is 5. The smallest absolute Gasteiger partial charge is 0.152 e. The molecule has 0 amide bonds. The molecule has 0 saturated carbocycles. The molecule has 0 saturated heterocycles. The summed E-state index contributed by atoms with van der Waals surface area (Å²) in [5, 5.41) is 13.2. The van der Waals surface area contributed by atoms with Crippen molar-refractivity contribution in [2.45, 2.75) is 19.7 Å². The number of hydrogen-bond acceptors (Lipinski definition) is 3. The highest BCUT2D eigenvalue weighted by Gasteiger charge is 2.09. The van der Waals surface area contributed by atoms with Gasteiger partial charge in [-0.3, -0.25) is 0 Å². The molecule has 4 nitrogen and oxygen atoms in total. The predicted octanol–water partition coefficient (Wildman–Crippen LogP) is 2.77. The van der Waals surface area contributed by atoms with Gasteiger partial charge in [-0.1, -0.05) is 41.9 Å². The van der Waals surface area contributed by atoms with Gasteiger partial charge in [0.25, 0.3) is 0 Å². The summed E-state index contributed by atoms with van der Waals surface area (Å²) in [5.41, 5.74) is 3.81. The second-order valence-corrected chi connectivity index (χ2v) is 5.17. The van der Waals surface area contributed by atoms with Crippen molar-refractivity contribution in [3.05, 3.63) is 70.6 Å². The summed E-state index contributed by atoms with van der Waals surface area (Å²) in [7, 11) is 0. The number of pyridine rings is 1. The molecule has 5 heteroatoms. The van der Waals surface area contributed by atoms with E-state index in [0.717, 1.165) is 22.5 Å². The third-order valence-electron chi connectivity index (χ3n) is 3.48. The Labute approximate surface area is 128 Å². The van der Waals surface area contributed by atoms with Gasteiger partial charge in [0.05, 0.1) is 12.3 Å². The summed E-state index contributed by atoms with van der Waals surface area (Å²) in [6.07, 6.45) is 1.95. The van der Waals surface area contributed by atoms with Crippen LogP contribution in [0.1, 0.15) is 16.8 Å². The van der Waals surface area contributed by atoms with E-state index in [9.17, 15) is 5.11 Å².